The van der Waals surface area contributed by atoms with Crippen LogP contribution in [0.3, 0.4) is 0 Å². The maximum absolute atomic E-state index is 12.4. The van der Waals surface area contributed by atoms with E-state index in [1.54, 1.807) is 6.20 Å². The van der Waals surface area contributed by atoms with Gasteiger partial charge in [-0.05, 0) is 24.1 Å². The Hall–Kier alpha value is -2.16. The van der Waals surface area contributed by atoms with Gasteiger partial charge >= 0.3 is 0 Å². The molecule has 110 valence electrons. The van der Waals surface area contributed by atoms with E-state index in [1.165, 1.54) is 0 Å². The molecule has 21 heavy (non-hydrogen) atoms. The van der Waals surface area contributed by atoms with Crippen LogP contribution in [0.4, 0.5) is 0 Å². The highest BCUT2D eigenvalue weighted by Gasteiger charge is 2.20. The first-order chi connectivity index (χ1) is 10.2. The molecule has 0 radical (unpaired) electrons. The van der Waals surface area contributed by atoms with Gasteiger partial charge in [0, 0.05) is 12.1 Å². The lowest BCUT2D eigenvalue weighted by atomic mass is 10.0. The molecule has 1 N–H and O–H groups in total. The number of hydrogen-bond acceptors (Lipinski definition) is 2. The van der Waals surface area contributed by atoms with E-state index in [0.29, 0.717) is 0 Å². The Balaban J connectivity index is 2.23. The third kappa shape index (κ3) is 4.15. The van der Waals surface area contributed by atoms with Gasteiger partial charge in [0.2, 0.25) is 5.91 Å². The molecule has 1 heterocycles. The minimum atomic E-state index is -0.195. The van der Waals surface area contributed by atoms with Crippen molar-refractivity contribution in [1.29, 1.82) is 0 Å². The summed E-state index contributed by atoms with van der Waals surface area (Å²) in [4.78, 5) is 16.8. The topological polar surface area (TPSA) is 42.0 Å². The summed E-state index contributed by atoms with van der Waals surface area (Å²) in [7, 11) is 0. The fourth-order valence-electron chi connectivity index (χ4n) is 2.37. The second kappa shape index (κ2) is 7.58. The fraction of sp³-hybridized carbons (Fsp3) is 0.333. The summed E-state index contributed by atoms with van der Waals surface area (Å²) in [5, 5.41) is 3.13. The normalized spacial score (nSPS) is 13.4. The average Bonchev–Trinajstić information content (AvgIpc) is 2.54. The van der Waals surface area contributed by atoms with E-state index in [0.717, 1.165) is 24.1 Å². The van der Waals surface area contributed by atoms with Gasteiger partial charge in [-0.3, -0.25) is 9.78 Å². The van der Waals surface area contributed by atoms with E-state index in [1.807, 2.05) is 55.5 Å². The molecular formula is C18H22N2O. The molecule has 0 saturated carbocycles. The number of rotatable bonds is 6. The molecule has 1 aromatic carbocycles. The van der Waals surface area contributed by atoms with Crippen LogP contribution in [0.15, 0.2) is 54.7 Å². The number of hydrogen-bond donors (Lipinski definition) is 1. The summed E-state index contributed by atoms with van der Waals surface area (Å²) < 4.78 is 0. The minimum Gasteiger partial charge on any atom is -0.343 e. The number of pyridine rings is 1. The molecule has 0 bridgehead atoms. The first-order valence-corrected chi connectivity index (χ1v) is 7.48. The zero-order chi connectivity index (χ0) is 15.1. The molecule has 2 aromatic rings. The van der Waals surface area contributed by atoms with Crippen molar-refractivity contribution in [2.24, 2.45) is 5.92 Å². The number of nitrogens with one attached hydrogen (secondary N) is 1. The van der Waals surface area contributed by atoms with Gasteiger partial charge in [0.05, 0.1) is 11.7 Å². The standard InChI is InChI=1S/C18H22N2O/c1-3-9-14(2)18(21)20-17(15-10-5-4-6-11-15)16-12-7-8-13-19-16/h4-8,10-14,17H,3,9H2,1-2H3,(H,20,21). The van der Waals surface area contributed by atoms with E-state index in [-0.39, 0.29) is 17.9 Å². The van der Waals surface area contributed by atoms with Crippen molar-refractivity contribution in [1.82, 2.24) is 10.3 Å². The Bertz CT molecular complexity index is 514. The molecule has 1 amide bonds. The van der Waals surface area contributed by atoms with Crippen LogP contribution in [0.1, 0.15) is 44.0 Å². The van der Waals surface area contributed by atoms with E-state index in [2.05, 4.69) is 17.2 Å². The number of aromatic nitrogens is 1. The Labute approximate surface area is 126 Å². The molecule has 3 nitrogen and oxygen atoms in total. The second-order valence-electron chi connectivity index (χ2n) is 5.30. The molecule has 0 aliphatic carbocycles. The van der Waals surface area contributed by atoms with E-state index < -0.39 is 0 Å². The maximum Gasteiger partial charge on any atom is 0.223 e. The van der Waals surface area contributed by atoms with Crippen LogP contribution in [0.25, 0.3) is 0 Å². The third-order valence-corrected chi connectivity index (χ3v) is 3.57. The second-order valence-corrected chi connectivity index (χ2v) is 5.30. The number of benzene rings is 1. The summed E-state index contributed by atoms with van der Waals surface area (Å²) in [6.45, 7) is 4.07. The van der Waals surface area contributed by atoms with Gasteiger partial charge in [0.25, 0.3) is 0 Å². The SMILES string of the molecule is CCCC(C)C(=O)NC(c1ccccc1)c1ccccn1. The molecule has 0 saturated heterocycles. The third-order valence-electron chi connectivity index (χ3n) is 3.57. The smallest absolute Gasteiger partial charge is 0.223 e. The zero-order valence-electron chi connectivity index (χ0n) is 12.6. The van der Waals surface area contributed by atoms with Gasteiger partial charge in [-0.1, -0.05) is 56.7 Å². The lowest BCUT2D eigenvalue weighted by Crippen LogP contribution is -2.33. The molecule has 2 rings (SSSR count). The van der Waals surface area contributed by atoms with Crippen molar-refractivity contribution in [3.63, 3.8) is 0 Å². The largest absolute Gasteiger partial charge is 0.343 e. The highest BCUT2D eigenvalue weighted by molar-refractivity contribution is 5.79. The van der Waals surface area contributed by atoms with Gasteiger partial charge in [0.1, 0.15) is 0 Å². The van der Waals surface area contributed by atoms with Crippen LogP contribution in [0, 0.1) is 5.92 Å². The molecule has 0 aliphatic heterocycles. The Morgan fingerprint density at radius 2 is 1.86 bits per heavy atom. The van der Waals surface area contributed by atoms with Gasteiger partial charge in [-0.25, -0.2) is 0 Å². The van der Waals surface area contributed by atoms with Gasteiger partial charge in [-0.15, -0.1) is 0 Å². The predicted molar refractivity (Wildman–Crippen MR) is 84.7 cm³/mol. The van der Waals surface area contributed by atoms with Crippen molar-refractivity contribution >= 4 is 5.91 Å². The van der Waals surface area contributed by atoms with Gasteiger partial charge in [-0.2, -0.15) is 0 Å². The van der Waals surface area contributed by atoms with E-state index in [9.17, 15) is 4.79 Å². The summed E-state index contributed by atoms with van der Waals surface area (Å²) in [5.74, 6) is 0.0984. The van der Waals surface area contributed by atoms with E-state index >= 15 is 0 Å². The van der Waals surface area contributed by atoms with Gasteiger partial charge in [0.15, 0.2) is 0 Å². The first kappa shape index (κ1) is 15.2. The quantitative estimate of drug-likeness (QED) is 0.877. The minimum absolute atomic E-state index is 0.0184. The monoisotopic (exact) mass is 282 g/mol. The summed E-state index contributed by atoms with van der Waals surface area (Å²) in [6.07, 6.45) is 3.66. The summed E-state index contributed by atoms with van der Waals surface area (Å²) in [6, 6.07) is 15.5. The Kier molecular flexibility index (Phi) is 5.50. The van der Waals surface area contributed by atoms with Crippen LogP contribution < -0.4 is 5.32 Å². The summed E-state index contributed by atoms with van der Waals surface area (Å²) in [5.41, 5.74) is 1.91. The van der Waals surface area contributed by atoms with Crippen LogP contribution >= 0.6 is 0 Å². The molecule has 0 fully saturated rings. The van der Waals surface area contributed by atoms with Crippen LogP contribution in [0.5, 0.6) is 0 Å². The fourth-order valence-corrected chi connectivity index (χ4v) is 2.37. The zero-order valence-corrected chi connectivity index (χ0v) is 12.6. The van der Waals surface area contributed by atoms with Crippen molar-refractivity contribution < 1.29 is 4.79 Å². The highest BCUT2D eigenvalue weighted by Crippen LogP contribution is 2.21. The molecule has 3 heteroatoms. The van der Waals surface area contributed by atoms with Crippen molar-refractivity contribution in [3.8, 4) is 0 Å². The number of amides is 1. The van der Waals surface area contributed by atoms with Crippen molar-refractivity contribution in [3.05, 3.63) is 66.0 Å². The number of carbonyl (C=O) groups excluding carboxylic acids is 1. The number of carbonyl (C=O) groups is 1. The lowest BCUT2D eigenvalue weighted by Gasteiger charge is -2.21. The van der Waals surface area contributed by atoms with Crippen molar-refractivity contribution in [2.45, 2.75) is 32.7 Å². The molecule has 0 spiro atoms. The molecule has 1 aromatic heterocycles. The molecule has 0 aliphatic rings. The Morgan fingerprint density at radius 3 is 2.48 bits per heavy atom. The lowest BCUT2D eigenvalue weighted by molar-refractivity contribution is -0.125. The number of nitrogens with zero attached hydrogens (tertiary/aromatic N) is 1. The Morgan fingerprint density at radius 1 is 1.14 bits per heavy atom. The molecule has 2 atom stereocenters. The maximum atomic E-state index is 12.4. The molecular weight excluding hydrogens is 260 g/mol. The summed E-state index contributed by atoms with van der Waals surface area (Å²) >= 11 is 0. The highest BCUT2D eigenvalue weighted by atomic mass is 16.1. The van der Waals surface area contributed by atoms with Gasteiger partial charge < -0.3 is 5.32 Å². The molecule has 2 unspecified atom stereocenters. The first-order valence-electron chi connectivity index (χ1n) is 7.48. The predicted octanol–water partition coefficient (Wildman–Crippen LogP) is 3.72. The van der Waals surface area contributed by atoms with Crippen LogP contribution in [0.2, 0.25) is 0 Å². The van der Waals surface area contributed by atoms with Crippen LogP contribution in [-0.2, 0) is 4.79 Å². The van der Waals surface area contributed by atoms with Crippen LogP contribution in [-0.4, -0.2) is 10.9 Å². The van der Waals surface area contributed by atoms with E-state index in [4.69, 9.17) is 0 Å². The average molecular weight is 282 g/mol. The van der Waals surface area contributed by atoms with Crippen molar-refractivity contribution in [2.75, 3.05) is 0 Å².